The molecule has 4 rings (SSSR count). The maximum Gasteiger partial charge on any atom is 0.510 e. The molecule has 2 aromatic heterocycles. The van der Waals surface area contributed by atoms with Gasteiger partial charge in [-0.1, -0.05) is 12.8 Å². The minimum Gasteiger partial charge on any atom is -0.432 e. The van der Waals surface area contributed by atoms with Crippen molar-refractivity contribution in [2.24, 2.45) is 0 Å². The summed E-state index contributed by atoms with van der Waals surface area (Å²) in [5.74, 6) is 0.582. The van der Waals surface area contributed by atoms with Crippen LogP contribution >= 0.6 is 19.2 Å². The Kier molecular flexibility index (Phi) is 9.48. The summed E-state index contributed by atoms with van der Waals surface area (Å²) in [5, 5.41) is 25.3. The lowest BCUT2D eigenvalue weighted by atomic mass is 10.1. The minimum absolute atomic E-state index is 0.0195. The van der Waals surface area contributed by atoms with Gasteiger partial charge in [0, 0.05) is 12.2 Å². The molecule has 3 heterocycles. The Bertz CT molecular complexity index is 1160. The van der Waals surface area contributed by atoms with Gasteiger partial charge in [0.2, 0.25) is 12.1 Å². The highest BCUT2D eigenvalue weighted by atomic mass is 35.5. The molecule has 1 aliphatic heterocycles. The number of nitrogens with zero attached hydrogens (tertiary/aromatic N) is 3. The van der Waals surface area contributed by atoms with Crippen LogP contribution in [0.15, 0.2) is 12.3 Å². The van der Waals surface area contributed by atoms with E-state index in [1.807, 2.05) is 0 Å². The smallest absolute Gasteiger partial charge is 0.432 e. The standard InChI is InChI=1S/C22H32ClN4O10P/c1-12(2)36-22(30)34-10-35-38(31,32)11-33-9-15-16(28)17(29)20(37-15)27-8-7-14-18(24-13-5-3-4-6-13)25-21(23)26-19(14)27/h7-8,12-13,15-17,20,28-29H,3-6,9-11H2,1-2H3,(H,31,32)(H,24,25,26)/t15?,16-,17-,20-/m1/s1. The van der Waals surface area contributed by atoms with Crippen molar-refractivity contribution in [3.63, 3.8) is 0 Å². The van der Waals surface area contributed by atoms with Crippen LogP contribution in [0.2, 0.25) is 5.28 Å². The van der Waals surface area contributed by atoms with E-state index in [2.05, 4.69) is 24.5 Å². The van der Waals surface area contributed by atoms with Crippen molar-refractivity contribution >= 4 is 42.2 Å². The van der Waals surface area contributed by atoms with Gasteiger partial charge in [0.15, 0.2) is 6.23 Å². The zero-order valence-electron chi connectivity index (χ0n) is 20.9. The van der Waals surface area contributed by atoms with E-state index in [0.29, 0.717) is 16.9 Å². The largest absolute Gasteiger partial charge is 0.510 e. The van der Waals surface area contributed by atoms with Gasteiger partial charge >= 0.3 is 13.8 Å². The first-order valence-electron chi connectivity index (χ1n) is 12.2. The van der Waals surface area contributed by atoms with Gasteiger partial charge in [0.1, 0.15) is 36.1 Å². The van der Waals surface area contributed by atoms with E-state index < -0.39 is 57.5 Å². The van der Waals surface area contributed by atoms with Crippen LogP contribution in [0, 0.1) is 0 Å². The van der Waals surface area contributed by atoms with E-state index in [-0.39, 0.29) is 17.9 Å². The van der Waals surface area contributed by atoms with Gasteiger partial charge in [-0.2, -0.15) is 4.98 Å². The fraction of sp³-hybridized carbons (Fsp3) is 0.682. The number of fused-ring (bicyclic) bond motifs is 1. The second-order valence-electron chi connectivity index (χ2n) is 9.42. The second-order valence-corrected chi connectivity index (χ2v) is 11.5. The van der Waals surface area contributed by atoms with E-state index in [1.54, 1.807) is 30.7 Å². The molecular formula is C22H32ClN4O10P. The number of halogens is 1. The Morgan fingerprint density at radius 2 is 2.03 bits per heavy atom. The molecule has 0 aromatic carbocycles. The predicted octanol–water partition coefficient (Wildman–Crippen LogP) is 2.75. The lowest BCUT2D eigenvalue weighted by Gasteiger charge is -2.18. The second kappa shape index (κ2) is 12.4. The van der Waals surface area contributed by atoms with E-state index in [9.17, 15) is 24.5 Å². The lowest BCUT2D eigenvalue weighted by molar-refractivity contribution is -0.0624. The number of hydrogen-bond acceptors (Lipinski definition) is 12. The normalized spacial score (nSPS) is 25.7. The zero-order chi connectivity index (χ0) is 27.4. The number of aliphatic hydroxyl groups excluding tert-OH is 2. The molecule has 1 aliphatic carbocycles. The third-order valence-electron chi connectivity index (χ3n) is 6.15. The highest BCUT2D eigenvalue weighted by molar-refractivity contribution is 7.52. The summed E-state index contributed by atoms with van der Waals surface area (Å²) < 4.78 is 38.6. The van der Waals surface area contributed by atoms with Crippen LogP contribution in [0.5, 0.6) is 0 Å². The average Bonchev–Trinajstić information content (AvgIpc) is 3.55. The van der Waals surface area contributed by atoms with Crippen molar-refractivity contribution in [3.05, 3.63) is 17.5 Å². The van der Waals surface area contributed by atoms with Crippen LogP contribution in [-0.4, -0.2) is 86.0 Å². The van der Waals surface area contributed by atoms with Crippen molar-refractivity contribution in [1.82, 2.24) is 14.5 Å². The van der Waals surface area contributed by atoms with Gasteiger partial charge in [-0.05, 0) is 44.4 Å². The Hall–Kier alpha value is -2.03. The molecule has 212 valence electrons. The number of aromatic nitrogens is 3. The van der Waals surface area contributed by atoms with E-state index in [1.165, 1.54) is 0 Å². The molecule has 38 heavy (non-hydrogen) atoms. The summed E-state index contributed by atoms with van der Waals surface area (Å²) >= 11 is 6.18. The summed E-state index contributed by atoms with van der Waals surface area (Å²) in [4.78, 5) is 29.8. The van der Waals surface area contributed by atoms with Gasteiger partial charge in [-0.15, -0.1) is 0 Å². The molecule has 14 nitrogen and oxygen atoms in total. The molecule has 2 aliphatic rings. The maximum absolute atomic E-state index is 12.1. The Morgan fingerprint density at radius 3 is 2.74 bits per heavy atom. The van der Waals surface area contributed by atoms with E-state index in [0.717, 1.165) is 25.7 Å². The molecule has 4 N–H and O–H groups in total. The molecular weight excluding hydrogens is 547 g/mol. The first-order valence-corrected chi connectivity index (χ1v) is 14.4. The average molecular weight is 579 g/mol. The lowest BCUT2D eigenvalue weighted by Crippen LogP contribution is -2.34. The van der Waals surface area contributed by atoms with Crippen molar-refractivity contribution in [1.29, 1.82) is 0 Å². The molecule has 0 amide bonds. The summed E-state index contributed by atoms with van der Waals surface area (Å²) in [6, 6.07) is 2.06. The van der Waals surface area contributed by atoms with Crippen molar-refractivity contribution in [3.8, 4) is 0 Å². The molecule has 2 fully saturated rings. The Labute approximate surface area is 223 Å². The molecule has 0 radical (unpaired) electrons. The van der Waals surface area contributed by atoms with Crippen LogP contribution in [0.3, 0.4) is 0 Å². The first kappa shape index (κ1) is 29.0. The summed E-state index contributed by atoms with van der Waals surface area (Å²) in [5.41, 5.74) is 0.410. The summed E-state index contributed by atoms with van der Waals surface area (Å²) in [7, 11) is -4.29. The first-order chi connectivity index (χ1) is 18.0. The van der Waals surface area contributed by atoms with Crippen molar-refractivity contribution < 1.29 is 47.9 Å². The van der Waals surface area contributed by atoms with Gasteiger partial charge < -0.3 is 43.9 Å². The number of nitrogens with one attached hydrogen (secondary N) is 1. The Balaban J connectivity index is 1.34. The zero-order valence-corrected chi connectivity index (χ0v) is 22.6. The van der Waals surface area contributed by atoms with Crippen molar-refractivity contribution in [2.75, 3.05) is 25.1 Å². The van der Waals surface area contributed by atoms with E-state index >= 15 is 0 Å². The minimum atomic E-state index is -4.29. The molecule has 5 atom stereocenters. The third-order valence-corrected chi connectivity index (χ3v) is 7.34. The number of carbonyl (C=O) groups is 1. The van der Waals surface area contributed by atoms with Crippen LogP contribution in [0.25, 0.3) is 11.0 Å². The third kappa shape index (κ3) is 7.13. The van der Waals surface area contributed by atoms with Crippen LogP contribution in [0.4, 0.5) is 10.6 Å². The highest BCUT2D eigenvalue weighted by Gasteiger charge is 2.44. The number of ether oxygens (including phenoxy) is 4. The van der Waals surface area contributed by atoms with Gasteiger partial charge in [-0.25, -0.2) is 9.78 Å². The Morgan fingerprint density at radius 1 is 1.29 bits per heavy atom. The number of hydrogen-bond donors (Lipinski definition) is 4. The van der Waals surface area contributed by atoms with Gasteiger partial charge in [0.25, 0.3) is 0 Å². The number of aliphatic hydroxyl groups is 2. The molecule has 1 saturated heterocycles. The molecule has 0 bridgehead atoms. The molecule has 2 unspecified atom stereocenters. The summed E-state index contributed by atoms with van der Waals surface area (Å²) in [6.45, 7) is 2.08. The van der Waals surface area contributed by atoms with Gasteiger partial charge in [0.05, 0.1) is 18.1 Å². The monoisotopic (exact) mass is 578 g/mol. The maximum atomic E-state index is 12.1. The topological polar surface area (TPSA) is 184 Å². The summed E-state index contributed by atoms with van der Waals surface area (Å²) in [6.07, 6.45) is -1.01. The fourth-order valence-corrected chi connectivity index (χ4v) is 5.18. The SMILES string of the molecule is CC(C)OC(=O)OCOP(=O)(O)COCC1O[C@@H](n2ccc3c(NC4CCCC4)nc(Cl)nc32)[C@H](O)[C@@H]1O. The molecule has 2 aromatic rings. The molecule has 1 saturated carbocycles. The number of rotatable bonds is 11. The van der Waals surface area contributed by atoms with Crippen LogP contribution in [0.1, 0.15) is 45.8 Å². The number of anilines is 1. The quantitative estimate of drug-likeness (QED) is 0.132. The fourth-order valence-electron chi connectivity index (χ4n) is 4.39. The van der Waals surface area contributed by atoms with E-state index in [4.69, 9.17) is 25.8 Å². The van der Waals surface area contributed by atoms with Crippen LogP contribution in [-0.2, 0) is 28.0 Å². The molecule has 16 heteroatoms. The highest BCUT2D eigenvalue weighted by Crippen LogP contribution is 2.42. The van der Waals surface area contributed by atoms with Crippen LogP contribution < -0.4 is 5.32 Å². The predicted molar refractivity (Wildman–Crippen MR) is 134 cm³/mol. The number of carbonyl (C=O) groups excluding carboxylic acids is 1. The molecule has 0 spiro atoms. The van der Waals surface area contributed by atoms with Gasteiger partial charge in [-0.3, -0.25) is 9.09 Å². The van der Waals surface area contributed by atoms with Crippen molar-refractivity contribution in [2.45, 2.75) is 76.2 Å².